The van der Waals surface area contributed by atoms with Crippen molar-refractivity contribution in [1.82, 2.24) is 0 Å². The second kappa shape index (κ2) is 66.6. The predicted octanol–water partition coefficient (Wildman–Crippen LogP) is 23.0. The van der Waals surface area contributed by atoms with Crippen LogP contribution in [0.3, 0.4) is 0 Å². The van der Waals surface area contributed by atoms with Gasteiger partial charge < -0.3 is 14.2 Å². The van der Waals surface area contributed by atoms with E-state index in [1.807, 2.05) is 0 Å². The molecule has 79 heavy (non-hydrogen) atoms. The average molecular weight is 1100 g/mol. The molecular weight excluding hydrogens is 973 g/mol. The molecule has 0 N–H and O–H groups in total. The number of carbonyl (C=O) groups is 3. The van der Waals surface area contributed by atoms with Crippen LogP contribution >= 0.6 is 0 Å². The Kier molecular flexibility index (Phi) is 63.3. The minimum Gasteiger partial charge on any atom is -0.462 e. The van der Waals surface area contributed by atoms with Crippen molar-refractivity contribution in [2.75, 3.05) is 13.2 Å². The van der Waals surface area contributed by atoms with E-state index < -0.39 is 6.10 Å². The third kappa shape index (κ3) is 64.8. The van der Waals surface area contributed by atoms with E-state index in [9.17, 15) is 14.4 Å². The largest absolute Gasteiger partial charge is 0.462 e. The van der Waals surface area contributed by atoms with Crippen LogP contribution in [0.4, 0.5) is 0 Å². The monoisotopic (exact) mass is 1100 g/mol. The van der Waals surface area contributed by atoms with Crippen LogP contribution < -0.4 is 0 Å². The van der Waals surface area contributed by atoms with Gasteiger partial charge in [-0.1, -0.05) is 278 Å². The Morgan fingerprint density at radius 1 is 0.266 bits per heavy atom. The van der Waals surface area contributed by atoms with E-state index in [-0.39, 0.29) is 37.5 Å². The summed E-state index contributed by atoms with van der Waals surface area (Å²) in [5.74, 6) is -0.928. The molecule has 0 saturated heterocycles. The summed E-state index contributed by atoms with van der Waals surface area (Å²) < 4.78 is 16.9. The molecule has 6 heteroatoms. The number of carbonyl (C=O) groups excluding carboxylic acids is 3. The number of esters is 3. The van der Waals surface area contributed by atoms with E-state index in [1.54, 1.807) is 0 Å². The maximum atomic E-state index is 12.9. The van der Waals surface area contributed by atoms with Gasteiger partial charge in [0.15, 0.2) is 6.10 Å². The summed E-state index contributed by atoms with van der Waals surface area (Å²) >= 11 is 0. The molecule has 0 heterocycles. The van der Waals surface area contributed by atoms with Gasteiger partial charge in [-0.15, -0.1) is 0 Å². The minimum absolute atomic E-state index is 0.0953. The molecule has 1 unspecified atom stereocenters. The summed E-state index contributed by atoms with van der Waals surface area (Å²) in [6.07, 6.45) is 90.9. The molecule has 6 nitrogen and oxygen atoms in total. The number of hydrogen-bond acceptors (Lipinski definition) is 6. The molecule has 0 bridgehead atoms. The summed E-state index contributed by atoms with van der Waals surface area (Å²) in [5.41, 5.74) is 0. The average Bonchev–Trinajstić information content (AvgIpc) is 3.45. The Morgan fingerprint density at radius 3 is 0.797 bits per heavy atom. The van der Waals surface area contributed by atoms with E-state index in [1.165, 1.54) is 161 Å². The van der Waals surface area contributed by atoms with Crippen molar-refractivity contribution in [3.05, 3.63) is 109 Å². The zero-order chi connectivity index (χ0) is 57.1. The topological polar surface area (TPSA) is 78.9 Å². The fourth-order valence-electron chi connectivity index (χ4n) is 9.24. The number of ether oxygens (including phenoxy) is 3. The summed E-state index contributed by atoms with van der Waals surface area (Å²) in [4.78, 5) is 38.4. The Bertz CT molecular complexity index is 1590. The highest BCUT2D eigenvalue weighted by Gasteiger charge is 2.19. The first-order chi connectivity index (χ1) is 39.0. The van der Waals surface area contributed by atoms with Crippen LogP contribution in [0.5, 0.6) is 0 Å². The van der Waals surface area contributed by atoms with Gasteiger partial charge in [-0.3, -0.25) is 14.4 Å². The van der Waals surface area contributed by atoms with E-state index >= 15 is 0 Å². The van der Waals surface area contributed by atoms with Gasteiger partial charge in [0.2, 0.25) is 0 Å². The molecule has 0 spiro atoms. The number of rotatable bonds is 60. The molecule has 0 rings (SSSR count). The van der Waals surface area contributed by atoms with Gasteiger partial charge in [-0.25, -0.2) is 0 Å². The molecule has 0 aromatic heterocycles. The van der Waals surface area contributed by atoms with Gasteiger partial charge in [0, 0.05) is 19.3 Å². The van der Waals surface area contributed by atoms with Crippen molar-refractivity contribution in [3.8, 4) is 0 Å². The summed E-state index contributed by atoms with van der Waals surface area (Å²) in [6.45, 7) is 6.50. The van der Waals surface area contributed by atoms with Gasteiger partial charge in [-0.05, 0) is 128 Å². The number of hydrogen-bond donors (Lipinski definition) is 0. The van der Waals surface area contributed by atoms with E-state index in [4.69, 9.17) is 14.2 Å². The lowest BCUT2D eigenvalue weighted by Gasteiger charge is -2.18. The highest BCUT2D eigenvalue weighted by Crippen LogP contribution is 2.16. The standard InChI is InChI=1S/C73H124O6/c1-4-7-10-13-16-19-22-25-28-31-34-35-36-37-40-42-45-48-51-54-57-60-63-66-72(75)78-69-70(79-73(76)67-64-61-58-55-52-49-46-43-39-33-30-27-24-21-18-15-12-9-6-3)68-77-71(74)65-62-59-56-53-50-47-44-41-38-32-29-26-23-20-17-14-11-8-5-2/h9,12,18,21-22,25-27,29-31,34,36-37,39,43,49,52,70H,4-8,10-11,13-17,19-20,23-24,28,32-33,35,38,40-42,44-48,50-51,53-69H2,1-3H3/b12-9-,21-18-,25-22-,29-26-,30-27-,34-31-,37-36-,43-39-,52-49-. The number of allylic oxidation sites excluding steroid dienone is 18. The summed E-state index contributed by atoms with van der Waals surface area (Å²) in [5, 5.41) is 0. The Labute approximate surface area is 489 Å². The molecule has 0 saturated carbocycles. The zero-order valence-corrected chi connectivity index (χ0v) is 51.9. The van der Waals surface area contributed by atoms with Gasteiger partial charge in [0.25, 0.3) is 0 Å². The van der Waals surface area contributed by atoms with Crippen LogP contribution in [-0.4, -0.2) is 37.2 Å². The highest BCUT2D eigenvalue weighted by molar-refractivity contribution is 5.71. The molecule has 1 atom stereocenters. The fraction of sp³-hybridized carbons (Fsp3) is 0.712. The first-order valence-corrected chi connectivity index (χ1v) is 33.4. The molecule has 452 valence electrons. The maximum absolute atomic E-state index is 12.9. The number of unbranched alkanes of at least 4 members (excludes halogenated alkanes) is 31. The van der Waals surface area contributed by atoms with Crippen molar-refractivity contribution in [3.63, 3.8) is 0 Å². The smallest absolute Gasteiger partial charge is 0.306 e. The van der Waals surface area contributed by atoms with Gasteiger partial charge >= 0.3 is 17.9 Å². The van der Waals surface area contributed by atoms with Crippen LogP contribution in [0.2, 0.25) is 0 Å². The lowest BCUT2D eigenvalue weighted by atomic mass is 10.1. The van der Waals surface area contributed by atoms with Crippen LogP contribution in [0.15, 0.2) is 109 Å². The maximum Gasteiger partial charge on any atom is 0.306 e. The second-order valence-corrected chi connectivity index (χ2v) is 22.0. The Morgan fingerprint density at radius 2 is 0.494 bits per heavy atom. The molecule has 0 fully saturated rings. The fourth-order valence-corrected chi connectivity index (χ4v) is 9.24. The molecule has 0 amide bonds. The summed E-state index contributed by atoms with van der Waals surface area (Å²) in [6, 6.07) is 0. The van der Waals surface area contributed by atoms with Crippen molar-refractivity contribution >= 4 is 17.9 Å². The SMILES string of the molecule is CC/C=C\C/C=C\C/C=C\C/C=C\C/C=C\CCCCCC(=O)OC(COC(=O)CCCCCCCCCC/C=C\C/C=C\C/C=C\CCCCCCC)COC(=O)CCCCCCCCCCC/C=C\CCCCCCCC. The minimum atomic E-state index is -0.804. The predicted molar refractivity (Wildman–Crippen MR) is 343 cm³/mol. The quantitative estimate of drug-likeness (QED) is 0.0261. The molecule has 0 aromatic carbocycles. The first-order valence-electron chi connectivity index (χ1n) is 33.4. The van der Waals surface area contributed by atoms with Crippen LogP contribution in [-0.2, 0) is 28.6 Å². The van der Waals surface area contributed by atoms with Crippen LogP contribution in [0.25, 0.3) is 0 Å². The Hall–Kier alpha value is -3.93. The first kappa shape index (κ1) is 75.1. The van der Waals surface area contributed by atoms with Gasteiger partial charge in [0.05, 0.1) is 0 Å². The van der Waals surface area contributed by atoms with Crippen LogP contribution in [0, 0.1) is 0 Å². The van der Waals surface area contributed by atoms with Crippen molar-refractivity contribution in [2.24, 2.45) is 0 Å². The normalized spacial score (nSPS) is 12.8. The van der Waals surface area contributed by atoms with Crippen molar-refractivity contribution in [1.29, 1.82) is 0 Å². The van der Waals surface area contributed by atoms with E-state index in [2.05, 4.69) is 130 Å². The molecule has 0 aromatic rings. The van der Waals surface area contributed by atoms with Crippen LogP contribution in [0.1, 0.15) is 316 Å². The molecule has 0 aliphatic heterocycles. The molecule has 0 aliphatic carbocycles. The van der Waals surface area contributed by atoms with E-state index in [0.29, 0.717) is 12.8 Å². The second-order valence-electron chi connectivity index (χ2n) is 22.0. The molecule has 0 radical (unpaired) electrons. The summed E-state index contributed by atoms with van der Waals surface area (Å²) in [7, 11) is 0. The highest BCUT2D eigenvalue weighted by atomic mass is 16.6. The van der Waals surface area contributed by atoms with Crippen molar-refractivity contribution in [2.45, 2.75) is 322 Å². The van der Waals surface area contributed by atoms with Gasteiger partial charge in [-0.2, -0.15) is 0 Å². The van der Waals surface area contributed by atoms with Gasteiger partial charge in [0.1, 0.15) is 13.2 Å². The lowest BCUT2D eigenvalue weighted by molar-refractivity contribution is -0.167. The zero-order valence-electron chi connectivity index (χ0n) is 51.9. The third-order valence-corrected chi connectivity index (χ3v) is 14.2. The molecular formula is C73H124O6. The Balaban J connectivity index is 4.45. The van der Waals surface area contributed by atoms with Crippen molar-refractivity contribution < 1.29 is 28.6 Å². The third-order valence-electron chi connectivity index (χ3n) is 14.2. The van der Waals surface area contributed by atoms with E-state index in [0.717, 1.165) is 116 Å². The lowest BCUT2D eigenvalue weighted by Crippen LogP contribution is -2.30. The molecule has 0 aliphatic rings.